The number of hydrogen-bond acceptors (Lipinski definition) is 3. The third-order valence-electron chi connectivity index (χ3n) is 2.71. The van der Waals surface area contributed by atoms with Crippen molar-refractivity contribution in [2.45, 2.75) is 0 Å². The van der Waals surface area contributed by atoms with Crippen LogP contribution in [0.4, 0.5) is 11.4 Å². The van der Waals surface area contributed by atoms with Crippen LogP contribution in [-0.4, -0.2) is 13.0 Å². The number of carbonyl (C=O) groups is 1. The van der Waals surface area contributed by atoms with Gasteiger partial charge >= 0.3 is 0 Å². The lowest BCUT2D eigenvalue weighted by Gasteiger charge is -2.12. The Morgan fingerprint density at radius 3 is 2.70 bits per heavy atom. The molecule has 0 saturated heterocycles. The van der Waals surface area contributed by atoms with Gasteiger partial charge in [0.1, 0.15) is 11.3 Å². The van der Waals surface area contributed by atoms with E-state index in [9.17, 15) is 4.79 Å². The molecule has 4 nitrogen and oxygen atoms in total. The molecule has 6 heteroatoms. The first-order chi connectivity index (χ1) is 9.54. The van der Waals surface area contributed by atoms with Crippen molar-refractivity contribution in [3.8, 4) is 5.75 Å². The van der Waals surface area contributed by atoms with Gasteiger partial charge in [-0.1, -0.05) is 23.7 Å². The number of halogens is 2. The maximum atomic E-state index is 12.3. The van der Waals surface area contributed by atoms with Gasteiger partial charge < -0.3 is 15.8 Å². The summed E-state index contributed by atoms with van der Waals surface area (Å²) in [6.07, 6.45) is 0. The van der Waals surface area contributed by atoms with Crippen molar-refractivity contribution in [2.24, 2.45) is 0 Å². The van der Waals surface area contributed by atoms with Gasteiger partial charge in [-0.15, -0.1) is 0 Å². The smallest absolute Gasteiger partial charge is 0.261 e. The average molecular weight is 356 g/mol. The maximum Gasteiger partial charge on any atom is 0.261 e. The highest BCUT2D eigenvalue weighted by Crippen LogP contribution is 2.31. The zero-order valence-corrected chi connectivity index (χ0v) is 13.0. The maximum absolute atomic E-state index is 12.3. The second kappa shape index (κ2) is 6.15. The monoisotopic (exact) mass is 354 g/mol. The average Bonchev–Trinajstić information content (AvgIpc) is 2.43. The van der Waals surface area contributed by atoms with Gasteiger partial charge in [-0.25, -0.2) is 0 Å². The highest BCUT2D eigenvalue weighted by Gasteiger charge is 2.17. The van der Waals surface area contributed by atoms with Gasteiger partial charge in [0.05, 0.1) is 22.3 Å². The van der Waals surface area contributed by atoms with E-state index in [1.54, 1.807) is 36.4 Å². The van der Waals surface area contributed by atoms with E-state index in [4.69, 9.17) is 22.1 Å². The second-order valence-electron chi connectivity index (χ2n) is 3.98. The first kappa shape index (κ1) is 14.7. The molecule has 0 radical (unpaired) electrons. The molecule has 0 heterocycles. The van der Waals surface area contributed by atoms with Crippen LogP contribution in [0, 0.1) is 0 Å². The van der Waals surface area contributed by atoms with E-state index in [0.29, 0.717) is 32.2 Å². The molecule has 1 amide bonds. The summed E-state index contributed by atoms with van der Waals surface area (Å²) in [5.41, 5.74) is 7.04. The first-order valence-corrected chi connectivity index (χ1v) is 6.89. The second-order valence-corrected chi connectivity index (χ2v) is 5.18. The van der Waals surface area contributed by atoms with Crippen LogP contribution in [0.25, 0.3) is 0 Å². The molecule has 3 N–H and O–H groups in total. The van der Waals surface area contributed by atoms with Crippen molar-refractivity contribution in [2.75, 3.05) is 18.2 Å². The fourth-order valence-corrected chi connectivity index (χ4v) is 2.28. The molecule has 0 bridgehead atoms. The van der Waals surface area contributed by atoms with Crippen LogP contribution in [0.5, 0.6) is 5.75 Å². The fraction of sp³-hybridized carbons (Fsp3) is 0.0714. The van der Waals surface area contributed by atoms with Crippen molar-refractivity contribution >= 4 is 44.8 Å². The largest absolute Gasteiger partial charge is 0.496 e. The number of hydrogen-bond donors (Lipinski definition) is 2. The molecule has 0 spiro atoms. The summed E-state index contributed by atoms with van der Waals surface area (Å²) < 4.78 is 5.77. The summed E-state index contributed by atoms with van der Waals surface area (Å²) in [7, 11) is 1.49. The molecule has 0 aliphatic rings. The molecule has 0 fully saturated rings. The standard InChI is InChI=1S/C14H12BrClN2O2/c1-20-11-7-3-5-9(17)12(11)14(19)18-10-6-2-4-8(16)13(10)15/h2-7H,17H2,1H3,(H,18,19). The van der Waals surface area contributed by atoms with E-state index >= 15 is 0 Å². The summed E-state index contributed by atoms with van der Waals surface area (Å²) in [4.78, 5) is 12.3. The lowest BCUT2D eigenvalue weighted by Crippen LogP contribution is -2.15. The lowest BCUT2D eigenvalue weighted by molar-refractivity contribution is 0.102. The van der Waals surface area contributed by atoms with Crippen LogP contribution < -0.4 is 15.8 Å². The van der Waals surface area contributed by atoms with Gasteiger partial charge in [-0.05, 0) is 40.2 Å². The zero-order valence-electron chi connectivity index (χ0n) is 10.6. The summed E-state index contributed by atoms with van der Waals surface area (Å²) in [6, 6.07) is 10.2. The lowest BCUT2D eigenvalue weighted by atomic mass is 10.1. The predicted molar refractivity (Wildman–Crippen MR) is 84.5 cm³/mol. The Bertz CT molecular complexity index is 662. The Kier molecular flexibility index (Phi) is 4.52. The number of amides is 1. The molecule has 0 aliphatic carbocycles. The summed E-state index contributed by atoms with van der Waals surface area (Å²) in [5.74, 6) is 0.0589. The summed E-state index contributed by atoms with van der Waals surface area (Å²) >= 11 is 9.31. The van der Waals surface area contributed by atoms with Crippen LogP contribution in [0.1, 0.15) is 10.4 Å². The van der Waals surface area contributed by atoms with Crippen LogP contribution in [-0.2, 0) is 0 Å². The van der Waals surface area contributed by atoms with E-state index in [-0.39, 0.29) is 5.91 Å². The minimum atomic E-state index is -0.358. The van der Waals surface area contributed by atoms with Crippen LogP contribution in [0.3, 0.4) is 0 Å². The SMILES string of the molecule is COc1cccc(N)c1C(=O)Nc1cccc(Cl)c1Br. The normalized spacial score (nSPS) is 10.2. The van der Waals surface area contributed by atoms with Gasteiger partial charge in [-0.3, -0.25) is 4.79 Å². The fourth-order valence-electron chi connectivity index (χ4n) is 1.75. The quantitative estimate of drug-likeness (QED) is 0.820. The van der Waals surface area contributed by atoms with Crippen molar-refractivity contribution in [1.82, 2.24) is 0 Å². The number of anilines is 2. The van der Waals surface area contributed by atoms with E-state index in [0.717, 1.165) is 0 Å². The predicted octanol–water partition coefficient (Wildman–Crippen LogP) is 3.95. The van der Waals surface area contributed by atoms with E-state index in [2.05, 4.69) is 21.2 Å². The van der Waals surface area contributed by atoms with Crippen molar-refractivity contribution in [3.05, 3.63) is 51.5 Å². The van der Waals surface area contributed by atoms with Crippen LogP contribution in [0.2, 0.25) is 5.02 Å². The first-order valence-electron chi connectivity index (χ1n) is 5.72. The number of benzene rings is 2. The van der Waals surface area contributed by atoms with Crippen molar-refractivity contribution < 1.29 is 9.53 Å². The van der Waals surface area contributed by atoms with Gasteiger partial charge in [0.25, 0.3) is 5.91 Å². The Labute approximate surface area is 130 Å². The van der Waals surface area contributed by atoms with Crippen LogP contribution >= 0.6 is 27.5 Å². The molecule has 104 valence electrons. The molecule has 0 saturated carbocycles. The van der Waals surface area contributed by atoms with Gasteiger partial charge in [0.15, 0.2) is 0 Å². The number of rotatable bonds is 3. The number of nitrogen functional groups attached to an aromatic ring is 1. The summed E-state index contributed by atoms with van der Waals surface area (Å²) in [5, 5.41) is 3.26. The third kappa shape index (κ3) is 2.89. The number of carbonyl (C=O) groups excluding carboxylic acids is 1. The molecular formula is C14H12BrClN2O2. The molecule has 0 atom stereocenters. The van der Waals surface area contributed by atoms with E-state index < -0.39 is 0 Å². The minimum absolute atomic E-state index is 0.293. The summed E-state index contributed by atoms with van der Waals surface area (Å²) in [6.45, 7) is 0. The molecule has 2 rings (SSSR count). The minimum Gasteiger partial charge on any atom is -0.496 e. The number of ether oxygens (including phenoxy) is 1. The highest BCUT2D eigenvalue weighted by atomic mass is 79.9. The van der Waals surface area contributed by atoms with Gasteiger partial charge in [0.2, 0.25) is 0 Å². The molecular weight excluding hydrogens is 344 g/mol. The Balaban J connectivity index is 2.36. The number of methoxy groups -OCH3 is 1. The van der Waals surface area contributed by atoms with E-state index in [1.807, 2.05) is 0 Å². The third-order valence-corrected chi connectivity index (χ3v) is 4.10. The molecule has 0 aromatic heterocycles. The van der Waals surface area contributed by atoms with Crippen LogP contribution in [0.15, 0.2) is 40.9 Å². The van der Waals surface area contributed by atoms with Gasteiger partial charge in [0, 0.05) is 5.69 Å². The number of nitrogens with one attached hydrogen (secondary N) is 1. The molecule has 0 aliphatic heterocycles. The van der Waals surface area contributed by atoms with E-state index in [1.165, 1.54) is 7.11 Å². The topological polar surface area (TPSA) is 64.3 Å². The Hall–Kier alpha value is -1.72. The number of nitrogens with two attached hydrogens (primary N) is 1. The van der Waals surface area contributed by atoms with Crippen molar-refractivity contribution in [3.63, 3.8) is 0 Å². The molecule has 2 aromatic carbocycles. The Morgan fingerprint density at radius 1 is 1.30 bits per heavy atom. The molecule has 2 aromatic rings. The highest BCUT2D eigenvalue weighted by molar-refractivity contribution is 9.10. The van der Waals surface area contributed by atoms with Crippen molar-refractivity contribution in [1.29, 1.82) is 0 Å². The molecule has 0 unspecified atom stereocenters. The Morgan fingerprint density at radius 2 is 2.00 bits per heavy atom. The molecule has 20 heavy (non-hydrogen) atoms. The zero-order chi connectivity index (χ0) is 14.7. The van der Waals surface area contributed by atoms with Gasteiger partial charge in [-0.2, -0.15) is 0 Å².